The Morgan fingerprint density at radius 2 is 1.76 bits per heavy atom. The maximum absolute atomic E-state index is 4.97. The number of fused-ring (bicyclic) bond motifs is 2. The highest BCUT2D eigenvalue weighted by atomic mass is 14.9. The molecule has 4 rings (SSSR count). The Bertz CT molecular complexity index is 1050. The van der Waals surface area contributed by atoms with Crippen molar-refractivity contribution in [2.24, 2.45) is 0 Å². The van der Waals surface area contributed by atoms with Crippen molar-refractivity contribution in [2.45, 2.75) is 20.3 Å². The summed E-state index contributed by atoms with van der Waals surface area (Å²) in [5.74, 6) is 0. The molecule has 0 unspecified atom stereocenters. The van der Waals surface area contributed by atoms with Crippen molar-refractivity contribution in [3.05, 3.63) is 89.9 Å². The first kappa shape index (κ1) is 15.5. The number of aromatic nitrogens is 2. The van der Waals surface area contributed by atoms with Crippen molar-refractivity contribution < 1.29 is 0 Å². The van der Waals surface area contributed by atoms with Crippen molar-refractivity contribution in [3.63, 3.8) is 0 Å². The lowest BCUT2D eigenvalue weighted by Gasteiger charge is -2.10. The molecule has 1 aromatic heterocycles. The SMILES string of the molecule is C=C/C=C\C1=C(C)Cc2nc(-c3ccc4ccccc4c3)c(C)nc21. The molecule has 0 radical (unpaired) electrons. The lowest BCUT2D eigenvalue weighted by atomic mass is 10.0. The first-order valence-corrected chi connectivity index (χ1v) is 8.53. The minimum Gasteiger partial charge on any atom is -0.249 e. The van der Waals surface area contributed by atoms with E-state index in [9.17, 15) is 0 Å². The molecule has 0 bridgehead atoms. The van der Waals surface area contributed by atoms with Gasteiger partial charge in [-0.25, -0.2) is 9.97 Å². The topological polar surface area (TPSA) is 25.8 Å². The lowest BCUT2D eigenvalue weighted by molar-refractivity contribution is 1.02. The van der Waals surface area contributed by atoms with Crippen LogP contribution in [0.5, 0.6) is 0 Å². The van der Waals surface area contributed by atoms with Gasteiger partial charge in [-0.15, -0.1) is 0 Å². The molecule has 1 aliphatic rings. The highest BCUT2D eigenvalue weighted by molar-refractivity contribution is 5.87. The van der Waals surface area contributed by atoms with Gasteiger partial charge in [-0.3, -0.25) is 0 Å². The Balaban J connectivity index is 1.82. The van der Waals surface area contributed by atoms with Crippen LogP contribution in [0.4, 0.5) is 0 Å². The van der Waals surface area contributed by atoms with E-state index in [1.54, 1.807) is 6.08 Å². The molecule has 1 heterocycles. The number of allylic oxidation sites excluding steroid dienone is 5. The second-order valence-electron chi connectivity index (χ2n) is 6.48. The number of rotatable bonds is 3. The van der Waals surface area contributed by atoms with Gasteiger partial charge in [0.05, 0.1) is 22.8 Å². The van der Waals surface area contributed by atoms with Gasteiger partial charge in [0.1, 0.15) is 0 Å². The molecular weight excluding hydrogens is 304 g/mol. The number of hydrogen-bond donors (Lipinski definition) is 0. The van der Waals surface area contributed by atoms with Crippen LogP contribution in [-0.2, 0) is 6.42 Å². The van der Waals surface area contributed by atoms with E-state index < -0.39 is 0 Å². The van der Waals surface area contributed by atoms with Gasteiger partial charge in [0, 0.05) is 17.6 Å². The molecule has 3 aromatic rings. The molecule has 2 aromatic carbocycles. The summed E-state index contributed by atoms with van der Waals surface area (Å²) < 4.78 is 0. The van der Waals surface area contributed by atoms with E-state index in [0.29, 0.717) is 0 Å². The predicted octanol–water partition coefficient (Wildman–Crippen LogP) is 5.68. The van der Waals surface area contributed by atoms with E-state index in [-0.39, 0.29) is 0 Å². The molecule has 0 spiro atoms. The molecular formula is C23H20N2. The standard InChI is InChI=1S/C23H20N2/c1-4-5-10-20-15(2)13-21-23(20)24-16(3)22(25-21)19-12-11-17-8-6-7-9-18(17)14-19/h4-12,14H,1,13H2,2-3H3/b10-5-. The Labute approximate surface area is 148 Å². The van der Waals surface area contributed by atoms with Crippen LogP contribution in [0.25, 0.3) is 27.6 Å². The van der Waals surface area contributed by atoms with Gasteiger partial charge in [0.25, 0.3) is 0 Å². The predicted molar refractivity (Wildman–Crippen MR) is 105 cm³/mol. The summed E-state index contributed by atoms with van der Waals surface area (Å²) in [6, 6.07) is 14.9. The third kappa shape index (κ3) is 2.70. The number of nitrogens with zero attached hydrogens (tertiary/aromatic N) is 2. The highest BCUT2D eigenvalue weighted by Gasteiger charge is 2.22. The van der Waals surface area contributed by atoms with Crippen molar-refractivity contribution >= 4 is 16.3 Å². The van der Waals surface area contributed by atoms with Crippen LogP contribution in [0, 0.1) is 6.92 Å². The van der Waals surface area contributed by atoms with Crippen molar-refractivity contribution in [2.75, 3.05) is 0 Å². The molecule has 0 atom stereocenters. The monoisotopic (exact) mass is 324 g/mol. The van der Waals surface area contributed by atoms with E-state index in [2.05, 4.69) is 62.0 Å². The van der Waals surface area contributed by atoms with Crippen LogP contribution >= 0.6 is 0 Å². The molecule has 2 nitrogen and oxygen atoms in total. The summed E-state index contributed by atoms with van der Waals surface area (Å²) in [4.78, 5) is 9.86. The summed E-state index contributed by atoms with van der Waals surface area (Å²) >= 11 is 0. The van der Waals surface area contributed by atoms with Crippen LogP contribution in [0.1, 0.15) is 24.0 Å². The van der Waals surface area contributed by atoms with Gasteiger partial charge >= 0.3 is 0 Å². The zero-order valence-corrected chi connectivity index (χ0v) is 14.6. The maximum atomic E-state index is 4.97. The fraction of sp³-hybridized carbons (Fsp3) is 0.130. The molecule has 1 aliphatic carbocycles. The smallest absolute Gasteiger partial charge is 0.0923 e. The number of aryl methyl sites for hydroxylation is 1. The van der Waals surface area contributed by atoms with Crippen LogP contribution in [0.2, 0.25) is 0 Å². The van der Waals surface area contributed by atoms with Gasteiger partial charge in [0.15, 0.2) is 0 Å². The Kier molecular flexibility index (Phi) is 3.81. The lowest BCUT2D eigenvalue weighted by Crippen LogP contribution is -2.00. The normalized spacial score (nSPS) is 13.7. The molecule has 0 amide bonds. The maximum Gasteiger partial charge on any atom is 0.0923 e. The first-order valence-electron chi connectivity index (χ1n) is 8.53. The summed E-state index contributed by atoms with van der Waals surface area (Å²) in [7, 11) is 0. The van der Waals surface area contributed by atoms with Gasteiger partial charge in [-0.1, -0.05) is 66.8 Å². The van der Waals surface area contributed by atoms with Crippen LogP contribution in [0.15, 0.2) is 72.8 Å². The molecule has 0 fully saturated rings. The van der Waals surface area contributed by atoms with E-state index in [4.69, 9.17) is 9.97 Å². The van der Waals surface area contributed by atoms with Crippen LogP contribution in [-0.4, -0.2) is 9.97 Å². The average molecular weight is 324 g/mol. The largest absolute Gasteiger partial charge is 0.249 e. The van der Waals surface area contributed by atoms with Crippen molar-refractivity contribution in [1.29, 1.82) is 0 Å². The number of benzene rings is 2. The second-order valence-corrected chi connectivity index (χ2v) is 6.48. The van der Waals surface area contributed by atoms with Crippen LogP contribution in [0.3, 0.4) is 0 Å². The summed E-state index contributed by atoms with van der Waals surface area (Å²) in [5.41, 5.74) is 7.63. The van der Waals surface area contributed by atoms with E-state index in [1.165, 1.54) is 21.9 Å². The molecule has 0 saturated carbocycles. The minimum atomic E-state index is 0.861. The van der Waals surface area contributed by atoms with E-state index >= 15 is 0 Å². The number of hydrogen-bond acceptors (Lipinski definition) is 2. The summed E-state index contributed by atoms with van der Waals surface area (Å²) in [6.07, 6.45) is 6.70. The van der Waals surface area contributed by atoms with E-state index in [0.717, 1.165) is 34.8 Å². The first-order chi connectivity index (χ1) is 12.2. The van der Waals surface area contributed by atoms with Gasteiger partial charge in [0.2, 0.25) is 0 Å². The third-order valence-electron chi connectivity index (χ3n) is 4.71. The third-order valence-corrected chi connectivity index (χ3v) is 4.71. The zero-order valence-electron chi connectivity index (χ0n) is 14.6. The second kappa shape index (κ2) is 6.14. The highest BCUT2D eigenvalue weighted by Crippen LogP contribution is 2.34. The molecule has 0 saturated heterocycles. The Hall–Kier alpha value is -3.00. The van der Waals surface area contributed by atoms with E-state index in [1.807, 2.05) is 13.0 Å². The molecule has 0 N–H and O–H groups in total. The fourth-order valence-electron chi connectivity index (χ4n) is 3.44. The quantitative estimate of drug-likeness (QED) is 0.579. The molecule has 0 aliphatic heterocycles. The fourth-order valence-corrected chi connectivity index (χ4v) is 3.44. The average Bonchev–Trinajstić information content (AvgIpc) is 2.93. The molecule has 2 heteroatoms. The van der Waals surface area contributed by atoms with Crippen molar-refractivity contribution in [1.82, 2.24) is 9.97 Å². The summed E-state index contributed by atoms with van der Waals surface area (Å²) in [6.45, 7) is 7.95. The van der Waals surface area contributed by atoms with Crippen LogP contribution < -0.4 is 0 Å². The molecule has 122 valence electrons. The Morgan fingerprint density at radius 3 is 2.56 bits per heavy atom. The molecule has 25 heavy (non-hydrogen) atoms. The zero-order chi connectivity index (χ0) is 17.4. The van der Waals surface area contributed by atoms with Gasteiger partial charge in [-0.2, -0.15) is 0 Å². The van der Waals surface area contributed by atoms with Gasteiger partial charge in [-0.05, 0) is 30.7 Å². The summed E-state index contributed by atoms with van der Waals surface area (Å²) in [5, 5.41) is 2.47. The van der Waals surface area contributed by atoms with Crippen molar-refractivity contribution in [3.8, 4) is 11.3 Å². The van der Waals surface area contributed by atoms with Gasteiger partial charge < -0.3 is 0 Å². The minimum absolute atomic E-state index is 0.861. The Morgan fingerprint density at radius 1 is 0.960 bits per heavy atom.